The van der Waals surface area contributed by atoms with Gasteiger partial charge in [-0.05, 0) is 20.0 Å². The fourth-order valence-corrected chi connectivity index (χ4v) is 1.91. The summed E-state index contributed by atoms with van der Waals surface area (Å²) in [5.74, 6) is 5.38. The molecule has 17 heavy (non-hydrogen) atoms. The molecule has 1 aliphatic rings. The fraction of sp³-hybridized carbons (Fsp3) is 0.600. The molecule has 0 bridgehead atoms. The Labute approximate surface area is 99.6 Å². The highest BCUT2D eigenvalue weighted by molar-refractivity contribution is 5.43. The maximum Gasteiger partial charge on any atom is 0.239 e. The van der Waals surface area contributed by atoms with Crippen LogP contribution in [-0.4, -0.2) is 48.1 Å². The topological polar surface area (TPSA) is 70.3 Å². The Morgan fingerprint density at radius 2 is 2.18 bits per heavy atom. The van der Waals surface area contributed by atoms with E-state index in [-0.39, 0.29) is 5.95 Å². The maximum atomic E-state index is 13.7. The summed E-state index contributed by atoms with van der Waals surface area (Å²) >= 11 is 0. The van der Waals surface area contributed by atoms with Crippen molar-refractivity contribution in [1.82, 2.24) is 14.9 Å². The number of anilines is 2. The van der Waals surface area contributed by atoms with Gasteiger partial charge in [0.25, 0.3) is 0 Å². The highest BCUT2D eigenvalue weighted by Crippen LogP contribution is 2.18. The van der Waals surface area contributed by atoms with E-state index in [4.69, 9.17) is 5.84 Å². The van der Waals surface area contributed by atoms with Gasteiger partial charge in [-0.2, -0.15) is 4.98 Å². The second-order valence-electron chi connectivity index (χ2n) is 4.15. The molecule has 6 nitrogen and oxygen atoms in total. The molecule has 2 rings (SSSR count). The first-order chi connectivity index (χ1) is 8.20. The molecule has 0 aromatic carbocycles. The summed E-state index contributed by atoms with van der Waals surface area (Å²) < 4.78 is 13.7. The van der Waals surface area contributed by atoms with Gasteiger partial charge in [-0.25, -0.2) is 15.2 Å². The van der Waals surface area contributed by atoms with Crippen molar-refractivity contribution >= 4 is 11.8 Å². The second-order valence-corrected chi connectivity index (χ2v) is 4.15. The first-order valence-electron chi connectivity index (χ1n) is 5.63. The standard InChI is InChI=1S/C10H17FN6/c1-16-3-2-4-17(6-5-16)9-8(11)7-13-10(14-9)15-12/h7H,2-6,12H2,1H3,(H,13,14,15). The molecule has 7 heteroatoms. The average Bonchev–Trinajstić information content (AvgIpc) is 2.55. The molecule has 1 fully saturated rings. The Balaban J connectivity index is 2.20. The molecule has 1 aromatic rings. The minimum atomic E-state index is -0.409. The zero-order valence-corrected chi connectivity index (χ0v) is 9.86. The molecular weight excluding hydrogens is 223 g/mol. The Bertz CT molecular complexity index is 385. The fourth-order valence-electron chi connectivity index (χ4n) is 1.91. The van der Waals surface area contributed by atoms with E-state index in [1.807, 2.05) is 4.90 Å². The van der Waals surface area contributed by atoms with Crippen LogP contribution in [0.5, 0.6) is 0 Å². The lowest BCUT2D eigenvalue weighted by Gasteiger charge is -2.22. The highest BCUT2D eigenvalue weighted by atomic mass is 19.1. The third-order valence-electron chi connectivity index (χ3n) is 2.87. The molecule has 0 radical (unpaired) electrons. The number of hydrogen-bond donors (Lipinski definition) is 2. The van der Waals surface area contributed by atoms with E-state index >= 15 is 0 Å². The predicted octanol–water partition coefficient (Wildman–Crippen LogP) is 0.0432. The van der Waals surface area contributed by atoms with E-state index in [1.54, 1.807) is 0 Å². The van der Waals surface area contributed by atoms with E-state index in [9.17, 15) is 4.39 Å². The van der Waals surface area contributed by atoms with Crippen molar-refractivity contribution in [2.75, 3.05) is 43.6 Å². The lowest BCUT2D eigenvalue weighted by molar-refractivity contribution is 0.360. The van der Waals surface area contributed by atoms with Crippen molar-refractivity contribution in [3.8, 4) is 0 Å². The van der Waals surface area contributed by atoms with Crippen LogP contribution >= 0.6 is 0 Å². The van der Waals surface area contributed by atoms with Crippen LogP contribution < -0.4 is 16.2 Å². The highest BCUT2D eigenvalue weighted by Gasteiger charge is 2.17. The average molecular weight is 240 g/mol. The largest absolute Gasteiger partial charge is 0.353 e. The van der Waals surface area contributed by atoms with Gasteiger partial charge in [0.1, 0.15) is 0 Å². The van der Waals surface area contributed by atoms with E-state index in [0.717, 1.165) is 38.8 Å². The number of hydrazine groups is 1. The summed E-state index contributed by atoms with van der Waals surface area (Å²) in [6.45, 7) is 3.47. The Morgan fingerprint density at radius 3 is 2.94 bits per heavy atom. The Hall–Kier alpha value is -1.47. The smallest absolute Gasteiger partial charge is 0.239 e. The molecule has 0 atom stereocenters. The van der Waals surface area contributed by atoms with Crippen molar-refractivity contribution in [3.63, 3.8) is 0 Å². The SMILES string of the molecule is CN1CCCN(c2nc(NN)ncc2F)CC1. The lowest BCUT2D eigenvalue weighted by atomic mass is 10.4. The Kier molecular flexibility index (Phi) is 3.70. The number of rotatable bonds is 2. The van der Waals surface area contributed by atoms with Crippen molar-refractivity contribution in [2.45, 2.75) is 6.42 Å². The molecule has 2 heterocycles. The Morgan fingerprint density at radius 1 is 1.35 bits per heavy atom. The number of nitrogen functional groups attached to an aromatic ring is 1. The molecule has 3 N–H and O–H groups in total. The number of likely N-dealkylation sites (N-methyl/N-ethyl adjacent to an activating group) is 1. The molecule has 0 amide bonds. The van der Waals surface area contributed by atoms with Gasteiger partial charge in [-0.3, -0.25) is 5.43 Å². The van der Waals surface area contributed by atoms with Crippen molar-refractivity contribution < 1.29 is 4.39 Å². The number of nitrogens with zero attached hydrogens (tertiary/aromatic N) is 4. The van der Waals surface area contributed by atoms with E-state index in [1.165, 1.54) is 0 Å². The lowest BCUT2D eigenvalue weighted by Crippen LogP contribution is -2.30. The summed E-state index contributed by atoms with van der Waals surface area (Å²) in [5.41, 5.74) is 2.33. The van der Waals surface area contributed by atoms with E-state index in [2.05, 4.69) is 27.3 Å². The number of hydrogen-bond acceptors (Lipinski definition) is 6. The van der Waals surface area contributed by atoms with Gasteiger partial charge in [-0.1, -0.05) is 0 Å². The molecule has 0 saturated carbocycles. The van der Waals surface area contributed by atoms with Gasteiger partial charge in [0.05, 0.1) is 6.20 Å². The summed E-state index contributed by atoms with van der Waals surface area (Å²) in [6, 6.07) is 0. The van der Waals surface area contributed by atoms with Crippen LogP contribution in [0.3, 0.4) is 0 Å². The predicted molar refractivity (Wildman–Crippen MR) is 64.1 cm³/mol. The number of aromatic nitrogens is 2. The van der Waals surface area contributed by atoms with Crippen LogP contribution in [0.25, 0.3) is 0 Å². The molecule has 94 valence electrons. The van der Waals surface area contributed by atoms with Gasteiger partial charge < -0.3 is 9.80 Å². The summed E-state index contributed by atoms with van der Waals surface area (Å²) in [6.07, 6.45) is 2.14. The second kappa shape index (κ2) is 5.24. The number of nitrogens with one attached hydrogen (secondary N) is 1. The third-order valence-corrected chi connectivity index (χ3v) is 2.87. The van der Waals surface area contributed by atoms with Crippen molar-refractivity contribution in [2.24, 2.45) is 5.84 Å². The van der Waals surface area contributed by atoms with Crippen LogP contribution in [-0.2, 0) is 0 Å². The maximum absolute atomic E-state index is 13.7. The number of halogens is 1. The molecular formula is C10H17FN6. The van der Waals surface area contributed by atoms with Crippen LogP contribution in [0.15, 0.2) is 6.20 Å². The first-order valence-corrected chi connectivity index (χ1v) is 5.63. The van der Waals surface area contributed by atoms with Crippen LogP contribution in [0.4, 0.5) is 16.2 Å². The molecule has 1 saturated heterocycles. The molecule has 0 unspecified atom stereocenters. The van der Waals surface area contributed by atoms with Crippen molar-refractivity contribution in [3.05, 3.63) is 12.0 Å². The molecule has 1 aliphatic heterocycles. The molecule has 0 aliphatic carbocycles. The van der Waals surface area contributed by atoms with Crippen LogP contribution in [0, 0.1) is 5.82 Å². The van der Waals surface area contributed by atoms with Crippen LogP contribution in [0.1, 0.15) is 6.42 Å². The zero-order chi connectivity index (χ0) is 12.3. The molecule has 0 spiro atoms. The van der Waals surface area contributed by atoms with E-state index in [0.29, 0.717) is 5.82 Å². The summed E-state index contributed by atoms with van der Waals surface area (Å²) in [7, 11) is 2.06. The summed E-state index contributed by atoms with van der Waals surface area (Å²) in [4.78, 5) is 12.0. The minimum absolute atomic E-state index is 0.235. The van der Waals surface area contributed by atoms with Gasteiger partial charge >= 0.3 is 0 Å². The minimum Gasteiger partial charge on any atom is -0.353 e. The first kappa shape index (κ1) is 12.0. The number of nitrogens with two attached hydrogens (primary N) is 1. The van der Waals surface area contributed by atoms with Gasteiger partial charge in [-0.15, -0.1) is 0 Å². The normalized spacial score (nSPS) is 17.9. The quantitative estimate of drug-likeness (QED) is 0.562. The molecule has 1 aromatic heterocycles. The van der Waals surface area contributed by atoms with Gasteiger partial charge in [0.15, 0.2) is 11.6 Å². The third kappa shape index (κ3) is 2.80. The van der Waals surface area contributed by atoms with Crippen molar-refractivity contribution in [1.29, 1.82) is 0 Å². The monoisotopic (exact) mass is 240 g/mol. The zero-order valence-electron chi connectivity index (χ0n) is 9.86. The summed E-state index contributed by atoms with van der Waals surface area (Å²) in [5, 5.41) is 0. The van der Waals surface area contributed by atoms with Crippen LogP contribution in [0.2, 0.25) is 0 Å². The van der Waals surface area contributed by atoms with Gasteiger partial charge in [0, 0.05) is 19.6 Å². The van der Waals surface area contributed by atoms with E-state index < -0.39 is 5.82 Å². The van der Waals surface area contributed by atoms with Gasteiger partial charge in [0.2, 0.25) is 5.95 Å².